The van der Waals surface area contributed by atoms with Gasteiger partial charge in [0.1, 0.15) is 22.9 Å². The molecule has 1 fully saturated rings. The molecule has 0 spiro atoms. The number of nitrogens with zero attached hydrogens (tertiary/aromatic N) is 1. The minimum Gasteiger partial charge on any atom is -0.486 e. The van der Waals surface area contributed by atoms with Crippen LogP contribution in [0.1, 0.15) is 43.3 Å². The standard InChI is InChI=1S/C21H25ClN2O4S/c1-14-7-9-21(10-8-14,20(26)27-2)24-18(25)11-16-13-29-19(23-16)12-28-17-5-3-15(22)4-6-17/h3-6,13-14H,7-12H2,1-2H3,(H,24,25). The third-order valence-corrected chi connectivity index (χ3v) is 6.32. The van der Waals surface area contributed by atoms with Crippen molar-refractivity contribution in [1.82, 2.24) is 10.3 Å². The number of rotatable bonds is 7. The first-order chi connectivity index (χ1) is 13.9. The summed E-state index contributed by atoms with van der Waals surface area (Å²) in [6.07, 6.45) is 3.09. The lowest BCUT2D eigenvalue weighted by molar-refractivity contribution is -0.153. The van der Waals surface area contributed by atoms with E-state index in [4.69, 9.17) is 21.1 Å². The third kappa shape index (κ3) is 5.70. The van der Waals surface area contributed by atoms with E-state index in [1.165, 1.54) is 18.4 Å². The maximum atomic E-state index is 12.6. The van der Waals surface area contributed by atoms with Crippen molar-refractivity contribution in [2.75, 3.05) is 7.11 Å². The van der Waals surface area contributed by atoms with E-state index >= 15 is 0 Å². The number of aromatic nitrogens is 1. The molecule has 29 heavy (non-hydrogen) atoms. The Balaban J connectivity index is 1.56. The van der Waals surface area contributed by atoms with E-state index in [1.807, 2.05) is 5.38 Å². The SMILES string of the molecule is COC(=O)C1(NC(=O)Cc2csc(COc3ccc(Cl)cc3)n2)CCC(C)CC1. The van der Waals surface area contributed by atoms with Gasteiger partial charge in [-0.1, -0.05) is 18.5 Å². The van der Waals surface area contributed by atoms with E-state index in [9.17, 15) is 9.59 Å². The summed E-state index contributed by atoms with van der Waals surface area (Å²) in [5.41, 5.74) is -0.263. The normalized spacial score (nSPS) is 21.4. The Hall–Kier alpha value is -2.12. The number of methoxy groups -OCH3 is 1. The minimum atomic E-state index is -0.922. The van der Waals surface area contributed by atoms with Gasteiger partial charge in [0.2, 0.25) is 5.91 Å². The number of carbonyl (C=O) groups is 2. The van der Waals surface area contributed by atoms with Crippen LogP contribution >= 0.6 is 22.9 Å². The summed E-state index contributed by atoms with van der Waals surface area (Å²) in [4.78, 5) is 29.4. The van der Waals surface area contributed by atoms with E-state index in [1.54, 1.807) is 24.3 Å². The first-order valence-corrected chi connectivity index (χ1v) is 10.9. The molecule has 0 bridgehead atoms. The van der Waals surface area contributed by atoms with Gasteiger partial charge in [-0.25, -0.2) is 9.78 Å². The largest absolute Gasteiger partial charge is 0.486 e. The zero-order chi connectivity index (χ0) is 20.9. The monoisotopic (exact) mass is 436 g/mol. The maximum Gasteiger partial charge on any atom is 0.331 e. The number of carbonyl (C=O) groups excluding carboxylic acids is 2. The summed E-state index contributed by atoms with van der Waals surface area (Å²) in [7, 11) is 1.36. The lowest BCUT2D eigenvalue weighted by atomic mass is 9.77. The average Bonchev–Trinajstić information content (AvgIpc) is 3.16. The second kappa shape index (κ2) is 9.59. The topological polar surface area (TPSA) is 77.5 Å². The molecule has 3 rings (SSSR count). The molecular formula is C21H25ClN2O4S. The van der Waals surface area contributed by atoms with Crippen molar-refractivity contribution in [2.45, 2.75) is 51.2 Å². The molecule has 2 aromatic rings. The molecule has 1 N–H and O–H groups in total. The fourth-order valence-electron chi connectivity index (χ4n) is 3.48. The van der Waals surface area contributed by atoms with Gasteiger partial charge >= 0.3 is 5.97 Å². The molecule has 6 nitrogen and oxygen atoms in total. The number of nitrogens with one attached hydrogen (secondary N) is 1. The zero-order valence-electron chi connectivity index (χ0n) is 16.6. The van der Waals surface area contributed by atoms with Gasteiger partial charge in [0.25, 0.3) is 0 Å². The van der Waals surface area contributed by atoms with Crippen LogP contribution in [0.4, 0.5) is 0 Å². The Morgan fingerprint density at radius 2 is 1.97 bits per heavy atom. The van der Waals surface area contributed by atoms with Gasteiger partial charge in [-0.2, -0.15) is 0 Å². The Kier molecular flexibility index (Phi) is 7.14. The molecule has 0 saturated heterocycles. The molecule has 1 saturated carbocycles. The molecule has 1 aromatic heterocycles. The van der Waals surface area contributed by atoms with Gasteiger partial charge in [-0.05, 0) is 55.9 Å². The van der Waals surface area contributed by atoms with Crippen molar-refractivity contribution < 1.29 is 19.1 Å². The van der Waals surface area contributed by atoms with Crippen molar-refractivity contribution in [1.29, 1.82) is 0 Å². The maximum absolute atomic E-state index is 12.6. The first-order valence-electron chi connectivity index (χ1n) is 9.61. The van der Waals surface area contributed by atoms with Crippen molar-refractivity contribution >= 4 is 34.8 Å². The van der Waals surface area contributed by atoms with Crippen molar-refractivity contribution in [3.05, 3.63) is 45.4 Å². The van der Waals surface area contributed by atoms with Crippen LogP contribution in [-0.4, -0.2) is 29.5 Å². The molecule has 1 aromatic carbocycles. The highest BCUT2D eigenvalue weighted by molar-refractivity contribution is 7.09. The second-order valence-corrected chi connectivity index (χ2v) is 8.84. The Morgan fingerprint density at radius 3 is 2.62 bits per heavy atom. The molecule has 1 heterocycles. The fourth-order valence-corrected chi connectivity index (χ4v) is 4.31. The van der Waals surface area contributed by atoms with Crippen LogP contribution in [0.3, 0.4) is 0 Å². The Labute approximate surface area is 179 Å². The van der Waals surface area contributed by atoms with E-state index in [2.05, 4.69) is 17.2 Å². The molecule has 0 radical (unpaired) electrons. The summed E-state index contributed by atoms with van der Waals surface area (Å²) in [5.74, 6) is 0.662. The van der Waals surface area contributed by atoms with Crippen molar-refractivity contribution in [2.24, 2.45) is 5.92 Å². The number of thiazole rings is 1. The number of amides is 1. The number of hydrogen-bond acceptors (Lipinski definition) is 6. The van der Waals surface area contributed by atoms with Crippen molar-refractivity contribution in [3.8, 4) is 5.75 Å². The van der Waals surface area contributed by atoms with Gasteiger partial charge < -0.3 is 14.8 Å². The molecule has 0 atom stereocenters. The number of hydrogen-bond donors (Lipinski definition) is 1. The molecule has 1 aliphatic carbocycles. The van der Waals surface area contributed by atoms with Crippen LogP contribution in [0.5, 0.6) is 5.75 Å². The van der Waals surface area contributed by atoms with Gasteiger partial charge in [0, 0.05) is 10.4 Å². The summed E-state index contributed by atoms with van der Waals surface area (Å²) in [6.45, 7) is 2.48. The first kappa shape index (κ1) is 21.6. The highest BCUT2D eigenvalue weighted by Crippen LogP contribution is 2.33. The number of benzene rings is 1. The van der Waals surface area contributed by atoms with Gasteiger partial charge in [0.15, 0.2) is 0 Å². The lowest BCUT2D eigenvalue weighted by Gasteiger charge is -2.37. The minimum absolute atomic E-state index is 0.117. The predicted octanol–water partition coefficient (Wildman–Crippen LogP) is 4.16. The Morgan fingerprint density at radius 1 is 1.28 bits per heavy atom. The fraction of sp³-hybridized carbons (Fsp3) is 0.476. The highest BCUT2D eigenvalue weighted by atomic mass is 35.5. The van der Waals surface area contributed by atoms with Gasteiger partial charge in [-0.15, -0.1) is 11.3 Å². The lowest BCUT2D eigenvalue weighted by Crippen LogP contribution is -2.57. The number of halogens is 1. The van der Waals surface area contributed by atoms with Crippen LogP contribution in [0.25, 0.3) is 0 Å². The molecule has 0 aliphatic heterocycles. The van der Waals surface area contributed by atoms with E-state index < -0.39 is 5.54 Å². The highest BCUT2D eigenvalue weighted by Gasteiger charge is 2.43. The second-order valence-electron chi connectivity index (χ2n) is 7.46. The number of esters is 1. The van der Waals surface area contributed by atoms with Crippen LogP contribution in [0.2, 0.25) is 5.02 Å². The average molecular weight is 437 g/mol. The third-order valence-electron chi connectivity index (χ3n) is 5.20. The van der Waals surface area contributed by atoms with Crippen LogP contribution in [0.15, 0.2) is 29.6 Å². The molecule has 1 aliphatic rings. The summed E-state index contributed by atoms with van der Waals surface area (Å²) in [6, 6.07) is 7.11. The molecule has 0 unspecified atom stereocenters. The van der Waals surface area contributed by atoms with E-state index in [-0.39, 0.29) is 18.3 Å². The smallest absolute Gasteiger partial charge is 0.331 e. The predicted molar refractivity (Wildman–Crippen MR) is 112 cm³/mol. The van der Waals surface area contributed by atoms with Crippen molar-refractivity contribution in [3.63, 3.8) is 0 Å². The quantitative estimate of drug-likeness (QED) is 0.659. The van der Waals surface area contributed by atoms with E-state index in [0.29, 0.717) is 41.8 Å². The van der Waals surface area contributed by atoms with Gasteiger partial charge in [-0.3, -0.25) is 4.79 Å². The van der Waals surface area contributed by atoms with Gasteiger partial charge in [0.05, 0.1) is 19.2 Å². The molecular weight excluding hydrogens is 412 g/mol. The number of ether oxygens (including phenoxy) is 2. The molecule has 8 heteroatoms. The Bertz CT molecular complexity index is 845. The molecule has 1 amide bonds. The van der Waals surface area contributed by atoms with Crippen LogP contribution in [0, 0.1) is 5.92 Å². The summed E-state index contributed by atoms with van der Waals surface area (Å²) in [5, 5.41) is 6.20. The van der Waals surface area contributed by atoms with Crippen LogP contribution in [-0.2, 0) is 27.4 Å². The molecule has 156 valence electrons. The van der Waals surface area contributed by atoms with E-state index in [0.717, 1.165) is 17.8 Å². The summed E-state index contributed by atoms with van der Waals surface area (Å²) >= 11 is 7.30. The van der Waals surface area contributed by atoms with Crippen LogP contribution < -0.4 is 10.1 Å². The zero-order valence-corrected chi connectivity index (χ0v) is 18.1. The summed E-state index contributed by atoms with van der Waals surface area (Å²) < 4.78 is 10.7.